The molecule has 0 aliphatic rings. The third-order valence-electron chi connectivity index (χ3n) is 5.03. The molecule has 0 fully saturated rings. The minimum Gasteiger partial charge on any atom is -0.366 e. The number of primary amides is 1. The van der Waals surface area contributed by atoms with E-state index in [4.69, 9.17) is 17.3 Å². The fraction of sp³-hybridized carbons (Fsp3) is 0.0870. The summed E-state index contributed by atoms with van der Waals surface area (Å²) in [7, 11) is 1.78. The van der Waals surface area contributed by atoms with Crippen molar-refractivity contribution < 1.29 is 14.0 Å². The van der Waals surface area contributed by atoms with Crippen molar-refractivity contribution in [1.29, 1.82) is 0 Å². The number of rotatable bonds is 5. The standard InChI is InChI=1S/C23H19ClFN5O2/c1-30-19-8-4-7-16(22(26)31)20(19)21(29-30)15-6-3-2-5-13(15)12-27-23(32)28-18-10-9-14(24)11-17(18)25/h2-11H,12H2,1H3,(H2,26,31)(H2,27,28,32). The molecule has 0 aliphatic heterocycles. The summed E-state index contributed by atoms with van der Waals surface area (Å²) in [5, 5.41) is 10.7. The number of anilines is 1. The SMILES string of the molecule is Cn1nc(-c2ccccc2CNC(=O)Nc2ccc(Cl)cc2F)c2c(C(N)=O)cccc21. The average Bonchev–Trinajstić information content (AvgIpc) is 3.11. The second-order valence-electron chi connectivity index (χ2n) is 7.13. The first-order valence-corrected chi connectivity index (χ1v) is 10.1. The zero-order valence-electron chi connectivity index (χ0n) is 17.0. The maximum absolute atomic E-state index is 13.9. The number of fused-ring (bicyclic) bond motifs is 1. The number of carbonyl (C=O) groups is 2. The molecule has 32 heavy (non-hydrogen) atoms. The van der Waals surface area contributed by atoms with Gasteiger partial charge in [-0.25, -0.2) is 9.18 Å². The molecular formula is C23H19ClFN5O2. The Hall–Kier alpha value is -3.91. The van der Waals surface area contributed by atoms with Gasteiger partial charge in [0.15, 0.2) is 0 Å². The minimum absolute atomic E-state index is 0.0157. The zero-order chi connectivity index (χ0) is 22.8. The Morgan fingerprint density at radius 3 is 2.66 bits per heavy atom. The van der Waals surface area contributed by atoms with Gasteiger partial charge in [0.2, 0.25) is 5.91 Å². The highest BCUT2D eigenvalue weighted by molar-refractivity contribution is 6.30. The fourth-order valence-corrected chi connectivity index (χ4v) is 3.70. The van der Waals surface area contributed by atoms with E-state index in [1.807, 2.05) is 30.3 Å². The van der Waals surface area contributed by atoms with Crippen LogP contribution in [0.2, 0.25) is 5.02 Å². The summed E-state index contributed by atoms with van der Waals surface area (Å²) < 4.78 is 15.6. The summed E-state index contributed by atoms with van der Waals surface area (Å²) in [5.74, 6) is -1.18. The van der Waals surface area contributed by atoms with Crippen LogP contribution < -0.4 is 16.4 Å². The molecule has 3 amide bonds. The Morgan fingerprint density at radius 2 is 1.91 bits per heavy atom. The lowest BCUT2D eigenvalue weighted by molar-refractivity contribution is 0.100. The molecule has 7 nitrogen and oxygen atoms in total. The molecule has 1 heterocycles. The van der Waals surface area contributed by atoms with Crippen LogP contribution in [0.5, 0.6) is 0 Å². The monoisotopic (exact) mass is 451 g/mol. The van der Waals surface area contributed by atoms with Crippen LogP contribution in [-0.2, 0) is 13.6 Å². The van der Waals surface area contributed by atoms with Crippen molar-refractivity contribution in [3.8, 4) is 11.3 Å². The fourth-order valence-electron chi connectivity index (χ4n) is 3.54. The molecule has 0 saturated carbocycles. The van der Waals surface area contributed by atoms with Gasteiger partial charge >= 0.3 is 6.03 Å². The van der Waals surface area contributed by atoms with Crippen LogP contribution in [0, 0.1) is 5.82 Å². The highest BCUT2D eigenvalue weighted by atomic mass is 35.5. The number of aryl methyl sites for hydroxylation is 1. The first-order chi connectivity index (χ1) is 15.3. The lowest BCUT2D eigenvalue weighted by Crippen LogP contribution is -2.28. The summed E-state index contributed by atoms with van der Waals surface area (Å²) in [6.07, 6.45) is 0. The number of carbonyl (C=O) groups excluding carboxylic acids is 2. The van der Waals surface area contributed by atoms with E-state index < -0.39 is 17.8 Å². The largest absolute Gasteiger partial charge is 0.366 e. The number of nitrogens with one attached hydrogen (secondary N) is 2. The Bertz CT molecular complexity index is 1350. The number of aromatic nitrogens is 2. The number of halogens is 2. The highest BCUT2D eigenvalue weighted by Gasteiger charge is 2.19. The van der Waals surface area contributed by atoms with Crippen molar-refractivity contribution in [3.05, 3.63) is 82.6 Å². The first-order valence-electron chi connectivity index (χ1n) is 9.69. The average molecular weight is 452 g/mol. The van der Waals surface area contributed by atoms with Crippen LogP contribution in [0.1, 0.15) is 15.9 Å². The molecule has 1 aromatic heterocycles. The van der Waals surface area contributed by atoms with Crippen molar-refractivity contribution in [2.24, 2.45) is 12.8 Å². The summed E-state index contributed by atoms with van der Waals surface area (Å²) >= 11 is 5.74. The maximum Gasteiger partial charge on any atom is 0.319 e. The zero-order valence-corrected chi connectivity index (χ0v) is 17.8. The predicted molar refractivity (Wildman–Crippen MR) is 122 cm³/mol. The first kappa shape index (κ1) is 21.3. The van der Waals surface area contributed by atoms with Crippen LogP contribution in [-0.4, -0.2) is 21.7 Å². The smallest absolute Gasteiger partial charge is 0.319 e. The van der Waals surface area contributed by atoms with Gasteiger partial charge in [-0.05, 0) is 35.9 Å². The molecule has 0 spiro atoms. The second-order valence-corrected chi connectivity index (χ2v) is 7.56. The van der Waals surface area contributed by atoms with Crippen LogP contribution in [0.4, 0.5) is 14.9 Å². The summed E-state index contributed by atoms with van der Waals surface area (Å²) in [6.45, 7) is 0.147. The number of hydrogen-bond acceptors (Lipinski definition) is 3. The molecule has 4 N–H and O–H groups in total. The van der Waals surface area contributed by atoms with E-state index in [9.17, 15) is 14.0 Å². The Morgan fingerprint density at radius 1 is 1.12 bits per heavy atom. The Balaban J connectivity index is 1.63. The summed E-state index contributed by atoms with van der Waals surface area (Å²) in [5.41, 5.74) is 8.81. The molecule has 4 aromatic rings. The van der Waals surface area contributed by atoms with Gasteiger partial charge in [0.25, 0.3) is 0 Å². The number of nitrogens with zero attached hydrogens (tertiary/aromatic N) is 2. The lowest BCUT2D eigenvalue weighted by atomic mass is 9.99. The number of nitrogens with two attached hydrogens (primary N) is 1. The normalized spacial score (nSPS) is 10.8. The summed E-state index contributed by atoms with van der Waals surface area (Å²) in [6, 6.07) is 16.0. The summed E-state index contributed by atoms with van der Waals surface area (Å²) in [4.78, 5) is 24.3. The molecule has 0 atom stereocenters. The molecular weight excluding hydrogens is 433 g/mol. The van der Waals surface area contributed by atoms with Gasteiger partial charge in [-0.1, -0.05) is 41.9 Å². The van der Waals surface area contributed by atoms with Gasteiger partial charge < -0.3 is 16.4 Å². The molecule has 0 saturated heterocycles. The van der Waals surface area contributed by atoms with Gasteiger partial charge in [0.05, 0.1) is 16.8 Å². The van der Waals surface area contributed by atoms with Crippen molar-refractivity contribution in [3.63, 3.8) is 0 Å². The van der Waals surface area contributed by atoms with Crippen molar-refractivity contribution in [1.82, 2.24) is 15.1 Å². The molecule has 0 radical (unpaired) electrons. The quantitative estimate of drug-likeness (QED) is 0.417. The predicted octanol–water partition coefficient (Wildman–Crippen LogP) is 4.45. The van der Waals surface area contributed by atoms with Crippen LogP contribution >= 0.6 is 11.6 Å². The van der Waals surface area contributed by atoms with Crippen LogP contribution in [0.15, 0.2) is 60.7 Å². The topological polar surface area (TPSA) is 102 Å². The molecule has 162 valence electrons. The van der Waals surface area contributed by atoms with Gasteiger partial charge in [-0.3, -0.25) is 9.48 Å². The molecule has 0 aliphatic carbocycles. The van der Waals surface area contributed by atoms with Crippen LogP contribution in [0.25, 0.3) is 22.2 Å². The third kappa shape index (κ3) is 4.13. The van der Waals surface area contributed by atoms with E-state index in [1.54, 1.807) is 23.9 Å². The molecule has 3 aromatic carbocycles. The highest BCUT2D eigenvalue weighted by Crippen LogP contribution is 2.32. The third-order valence-corrected chi connectivity index (χ3v) is 5.27. The molecule has 0 unspecified atom stereocenters. The van der Waals surface area contributed by atoms with E-state index in [1.165, 1.54) is 12.1 Å². The van der Waals surface area contributed by atoms with Gasteiger partial charge in [-0.2, -0.15) is 5.10 Å². The van der Waals surface area contributed by atoms with Crippen molar-refractivity contribution in [2.75, 3.05) is 5.32 Å². The van der Waals surface area contributed by atoms with Gasteiger partial charge in [-0.15, -0.1) is 0 Å². The Kier molecular flexibility index (Phi) is 5.79. The van der Waals surface area contributed by atoms with E-state index in [0.29, 0.717) is 16.6 Å². The van der Waals surface area contributed by atoms with Crippen molar-refractivity contribution >= 4 is 40.1 Å². The number of hydrogen-bond donors (Lipinski definition) is 3. The van der Waals surface area contributed by atoms with Crippen molar-refractivity contribution in [2.45, 2.75) is 6.54 Å². The van der Waals surface area contributed by atoms with Gasteiger partial charge in [0, 0.05) is 29.6 Å². The van der Waals surface area contributed by atoms with E-state index >= 15 is 0 Å². The molecule has 9 heteroatoms. The molecule has 0 bridgehead atoms. The van der Waals surface area contributed by atoms with E-state index in [0.717, 1.165) is 22.7 Å². The Labute approximate surface area is 188 Å². The van der Waals surface area contributed by atoms with Crippen LogP contribution in [0.3, 0.4) is 0 Å². The van der Waals surface area contributed by atoms with E-state index in [2.05, 4.69) is 15.7 Å². The number of benzene rings is 3. The number of urea groups is 1. The molecule has 4 rings (SSSR count). The van der Waals surface area contributed by atoms with E-state index in [-0.39, 0.29) is 17.3 Å². The number of amides is 3. The minimum atomic E-state index is -0.632. The second kappa shape index (κ2) is 8.68. The maximum atomic E-state index is 13.9. The lowest BCUT2D eigenvalue weighted by Gasteiger charge is -2.12. The van der Waals surface area contributed by atoms with Gasteiger partial charge in [0.1, 0.15) is 11.5 Å².